The van der Waals surface area contributed by atoms with E-state index in [9.17, 15) is 0 Å². The molecule has 0 fully saturated rings. The van der Waals surface area contributed by atoms with Gasteiger partial charge < -0.3 is 15.6 Å². The van der Waals surface area contributed by atoms with E-state index in [1.807, 2.05) is 6.07 Å². The second-order valence-corrected chi connectivity index (χ2v) is 4.08. The van der Waals surface area contributed by atoms with Crippen LogP contribution in [0.4, 0.5) is 5.69 Å². The average molecular weight is 318 g/mol. The van der Waals surface area contributed by atoms with E-state index in [-0.39, 0.29) is 6.61 Å². The average Bonchev–Trinajstić information content (AvgIpc) is 2.22. The fourth-order valence-electron chi connectivity index (χ4n) is 1.07. The van der Waals surface area contributed by atoms with E-state index >= 15 is 0 Å². The van der Waals surface area contributed by atoms with Crippen LogP contribution < -0.4 is 10.5 Å². The van der Waals surface area contributed by atoms with Gasteiger partial charge in [0.1, 0.15) is 0 Å². The number of hydrogen-bond acceptors (Lipinski definition) is 4. The lowest BCUT2D eigenvalue weighted by molar-refractivity contribution is 0.233. The van der Waals surface area contributed by atoms with Crippen LogP contribution in [-0.2, 0) is 0 Å². The maximum Gasteiger partial charge on any atom is 0.155 e. The molecule has 0 aliphatic heterocycles. The van der Waals surface area contributed by atoms with Crippen LogP contribution in [0, 0.1) is 14.9 Å². The van der Waals surface area contributed by atoms with Gasteiger partial charge in [0.15, 0.2) is 5.75 Å². The molecule has 0 heterocycles. The Kier molecular flexibility index (Phi) is 4.65. The molecule has 0 aliphatic carbocycles. The van der Waals surface area contributed by atoms with Crippen molar-refractivity contribution in [3.63, 3.8) is 0 Å². The summed E-state index contributed by atoms with van der Waals surface area (Å²) >= 11 is 2.07. The van der Waals surface area contributed by atoms with E-state index in [1.165, 1.54) is 0 Å². The minimum Gasteiger partial charge on any atom is -0.490 e. The number of ether oxygens (including phenoxy) is 1. The highest BCUT2D eigenvalue weighted by molar-refractivity contribution is 14.1. The maximum atomic E-state index is 8.71. The normalized spacial score (nSPS) is 9.67. The summed E-state index contributed by atoms with van der Waals surface area (Å²) in [5.41, 5.74) is 6.71. The van der Waals surface area contributed by atoms with E-state index in [1.54, 1.807) is 12.1 Å². The summed E-state index contributed by atoms with van der Waals surface area (Å²) in [5.74, 6) is 0.586. The summed E-state index contributed by atoms with van der Waals surface area (Å²) in [6.45, 7) is 0.509. The molecule has 0 bridgehead atoms. The Bertz CT molecular complexity index is 364. The summed E-state index contributed by atoms with van der Waals surface area (Å²) < 4.78 is 6.21. The number of nitrogen functional groups attached to an aromatic ring is 1. The van der Waals surface area contributed by atoms with E-state index < -0.39 is 0 Å². The molecule has 0 saturated carbocycles. The minimum absolute atomic E-state index is 0.0900. The number of halogens is 1. The minimum atomic E-state index is 0.0900. The molecule has 0 spiro atoms. The highest BCUT2D eigenvalue weighted by atomic mass is 127. The topological polar surface area (TPSA) is 79.3 Å². The number of benzene rings is 1. The van der Waals surface area contributed by atoms with Gasteiger partial charge in [-0.25, -0.2) is 0 Å². The number of nitriles is 1. The van der Waals surface area contributed by atoms with Gasteiger partial charge in [-0.05, 0) is 34.7 Å². The largest absolute Gasteiger partial charge is 0.490 e. The molecule has 0 aromatic heterocycles. The molecule has 80 valence electrons. The van der Waals surface area contributed by atoms with Crippen LogP contribution >= 0.6 is 22.6 Å². The Morgan fingerprint density at radius 2 is 2.27 bits per heavy atom. The third-order valence-electron chi connectivity index (χ3n) is 1.75. The Balaban J connectivity index is 2.85. The number of aliphatic hydroxyl groups excluding tert-OH is 1. The molecule has 0 radical (unpaired) electrons. The Labute approximate surface area is 102 Å². The van der Waals surface area contributed by atoms with Gasteiger partial charge >= 0.3 is 0 Å². The Morgan fingerprint density at radius 3 is 2.80 bits per heavy atom. The standard InChI is InChI=1S/C10H11IN2O2/c11-8-4-7(6-12)5-9(13)10(8)15-3-1-2-14/h4-5,14H,1-3,13H2. The van der Waals surface area contributed by atoms with E-state index in [0.717, 1.165) is 3.57 Å². The summed E-state index contributed by atoms with van der Waals surface area (Å²) in [4.78, 5) is 0. The number of aliphatic hydroxyl groups is 1. The van der Waals surface area contributed by atoms with E-state index in [2.05, 4.69) is 22.6 Å². The quantitative estimate of drug-likeness (QED) is 0.501. The van der Waals surface area contributed by atoms with Crippen molar-refractivity contribution in [3.05, 3.63) is 21.3 Å². The molecule has 3 N–H and O–H groups in total. The molecule has 1 aromatic rings. The zero-order valence-electron chi connectivity index (χ0n) is 8.03. The van der Waals surface area contributed by atoms with Crippen molar-refractivity contribution >= 4 is 28.3 Å². The summed E-state index contributed by atoms with van der Waals surface area (Å²) in [6.07, 6.45) is 0.565. The molecule has 0 aliphatic rings. The zero-order chi connectivity index (χ0) is 11.3. The van der Waals surface area contributed by atoms with Gasteiger partial charge in [0, 0.05) is 13.0 Å². The summed E-state index contributed by atoms with van der Waals surface area (Å²) in [5, 5.41) is 17.3. The summed E-state index contributed by atoms with van der Waals surface area (Å²) in [7, 11) is 0. The molecular formula is C10H11IN2O2. The van der Waals surface area contributed by atoms with Crippen LogP contribution in [-0.4, -0.2) is 18.3 Å². The monoisotopic (exact) mass is 318 g/mol. The molecule has 1 rings (SSSR count). The summed E-state index contributed by atoms with van der Waals surface area (Å²) in [6, 6.07) is 5.32. The first-order chi connectivity index (χ1) is 7.19. The van der Waals surface area contributed by atoms with Gasteiger partial charge in [-0.1, -0.05) is 0 Å². The highest BCUT2D eigenvalue weighted by Crippen LogP contribution is 2.29. The molecular weight excluding hydrogens is 307 g/mol. The van der Waals surface area contributed by atoms with E-state index in [4.69, 9.17) is 20.8 Å². The van der Waals surface area contributed by atoms with Crippen molar-refractivity contribution in [1.82, 2.24) is 0 Å². The zero-order valence-corrected chi connectivity index (χ0v) is 10.2. The smallest absolute Gasteiger partial charge is 0.155 e. The van der Waals surface area contributed by atoms with Gasteiger partial charge in [0.05, 0.1) is 27.5 Å². The second-order valence-electron chi connectivity index (χ2n) is 2.91. The predicted molar refractivity (Wildman–Crippen MR) is 65.5 cm³/mol. The number of rotatable bonds is 4. The Morgan fingerprint density at radius 1 is 1.53 bits per heavy atom. The SMILES string of the molecule is N#Cc1cc(N)c(OCCCO)c(I)c1. The molecule has 15 heavy (non-hydrogen) atoms. The number of nitrogens with two attached hydrogens (primary N) is 1. The first kappa shape index (κ1) is 12.1. The maximum absolute atomic E-state index is 8.71. The third kappa shape index (κ3) is 3.25. The van der Waals surface area contributed by atoms with Gasteiger partial charge in [-0.3, -0.25) is 0 Å². The number of nitrogens with zero attached hydrogens (tertiary/aromatic N) is 1. The lowest BCUT2D eigenvalue weighted by Crippen LogP contribution is -2.04. The van der Waals surface area contributed by atoms with Crippen LogP contribution in [0.2, 0.25) is 0 Å². The molecule has 1 aromatic carbocycles. The van der Waals surface area contributed by atoms with Crippen LogP contribution in [0.5, 0.6) is 5.75 Å². The first-order valence-corrected chi connectivity index (χ1v) is 5.49. The predicted octanol–water partition coefficient (Wildman–Crippen LogP) is 1.51. The van der Waals surface area contributed by atoms with Crippen LogP contribution in [0.15, 0.2) is 12.1 Å². The van der Waals surface area contributed by atoms with Crippen molar-refractivity contribution < 1.29 is 9.84 Å². The van der Waals surface area contributed by atoms with Crippen molar-refractivity contribution in [1.29, 1.82) is 5.26 Å². The van der Waals surface area contributed by atoms with Crippen molar-refractivity contribution in [2.24, 2.45) is 0 Å². The molecule has 0 amide bonds. The lowest BCUT2D eigenvalue weighted by Gasteiger charge is -2.10. The molecule has 5 heteroatoms. The fraction of sp³-hybridized carbons (Fsp3) is 0.300. The van der Waals surface area contributed by atoms with Crippen LogP contribution in [0.3, 0.4) is 0 Å². The highest BCUT2D eigenvalue weighted by Gasteiger charge is 2.07. The molecule has 0 saturated heterocycles. The number of hydrogen-bond donors (Lipinski definition) is 2. The van der Waals surface area contributed by atoms with Gasteiger partial charge in [-0.15, -0.1) is 0 Å². The molecule has 0 atom stereocenters. The van der Waals surface area contributed by atoms with Gasteiger partial charge in [-0.2, -0.15) is 5.26 Å². The van der Waals surface area contributed by atoms with Crippen molar-refractivity contribution in [2.75, 3.05) is 18.9 Å². The van der Waals surface area contributed by atoms with E-state index in [0.29, 0.717) is 30.0 Å². The second kappa shape index (κ2) is 5.78. The molecule has 0 unspecified atom stereocenters. The fourth-order valence-corrected chi connectivity index (χ4v) is 1.87. The first-order valence-electron chi connectivity index (χ1n) is 4.41. The van der Waals surface area contributed by atoms with Gasteiger partial charge in [0.2, 0.25) is 0 Å². The molecule has 4 nitrogen and oxygen atoms in total. The lowest BCUT2D eigenvalue weighted by atomic mass is 10.2. The van der Waals surface area contributed by atoms with Crippen LogP contribution in [0.25, 0.3) is 0 Å². The number of anilines is 1. The van der Waals surface area contributed by atoms with Crippen molar-refractivity contribution in [2.45, 2.75) is 6.42 Å². The van der Waals surface area contributed by atoms with Crippen molar-refractivity contribution in [3.8, 4) is 11.8 Å². The van der Waals surface area contributed by atoms with Gasteiger partial charge in [0.25, 0.3) is 0 Å². The Hall–Kier alpha value is -1.00. The third-order valence-corrected chi connectivity index (χ3v) is 2.55. The van der Waals surface area contributed by atoms with Crippen LogP contribution in [0.1, 0.15) is 12.0 Å².